The molecule has 3 saturated carbocycles. The monoisotopic (exact) mass is 356 g/mol. The zero-order valence-corrected chi connectivity index (χ0v) is 15.5. The van der Waals surface area contributed by atoms with E-state index >= 15 is 0 Å². The summed E-state index contributed by atoms with van der Waals surface area (Å²) in [5.74, 6) is 8.05. The van der Waals surface area contributed by atoms with Crippen molar-refractivity contribution in [2.45, 2.75) is 64.2 Å². The summed E-state index contributed by atoms with van der Waals surface area (Å²) in [5.41, 5.74) is 2.50. The van der Waals surface area contributed by atoms with Gasteiger partial charge in [0, 0.05) is 12.8 Å². The summed E-state index contributed by atoms with van der Waals surface area (Å²) < 4.78 is 14.0. The normalized spacial score (nSPS) is 40.2. The van der Waals surface area contributed by atoms with Crippen LogP contribution in [0.4, 0.5) is 4.39 Å². The molecule has 3 heteroatoms. The van der Waals surface area contributed by atoms with Gasteiger partial charge in [0.2, 0.25) is 0 Å². The minimum absolute atomic E-state index is 0.0771. The molecule has 140 valence electrons. The minimum atomic E-state index is -0.0771. The van der Waals surface area contributed by atoms with Crippen molar-refractivity contribution in [1.29, 1.82) is 0 Å². The summed E-state index contributed by atoms with van der Waals surface area (Å²) >= 11 is 0. The zero-order chi connectivity index (χ0) is 18.1. The van der Waals surface area contributed by atoms with Gasteiger partial charge in [-0.15, -0.1) is 5.92 Å². The van der Waals surface area contributed by atoms with Crippen LogP contribution in [0.5, 0.6) is 0 Å². The van der Waals surface area contributed by atoms with Crippen molar-refractivity contribution in [2.75, 3.05) is 6.61 Å². The lowest BCUT2D eigenvalue weighted by Crippen LogP contribution is -2.47. The Bertz CT molecular complexity index is 695. The van der Waals surface area contributed by atoms with Crippen LogP contribution in [0.3, 0.4) is 0 Å². The van der Waals surface area contributed by atoms with E-state index in [9.17, 15) is 9.18 Å². The van der Waals surface area contributed by atoms with Gasteiger partial charge in [0.05, 0.1) is 6.33 Å². The van der Waals surface area contributed by atoms with Gasteiger partial charge < -0.3 is 5.11 Å². The molecule has 4 aliphatic carbocycles. The third-order valence-corrected chi connectivity index (χ3v) is 7.76. The van der Waals surface area contributed by atoms with E-state index < -0.39 is 0 Å². The predicted octanol–water partition coefficient (Wildman–Crippen LogP) is 4.74. The van der Waals surface area contributed by atoms with Gasteiger partial charge in [0.25, 0.3) is 0 Å². The van der Waals surface area contributed by atoms with Crippen molar-refractivity contribution in [3.63, 3.8) is 0 Å². The molecule has 0 aromatic carbocycles. The van der Waals surface area contributed by atoms with Gasteiger partial charge in [-0.25, -0.2) is 4.39 Å². The molecule has 0 radical (unpaired) electrons. The summed E-state index contributed by atoms with van der Waals surface area (Å²) in [4.78, 5) is 11.8. The summed E-state index contributed by atoms with van der Waals surface area (Å²) in [5, 5.41) is 8.89. The maximum atomic E-state index is 14.0. The molecule has 2 nitrogen and oxygen atoms in total. The Balaban J connectivity index is 1.62. The third-order valence-electron chi connectivity index (χ3n) is 7.76. The van der Waals surface area contributed by atoms with Crippen LogP contribution in [0.2, 0.25) is 0 Å². The van der Waals surface area contributed by atoms with E-state index in [1.54, 1.807) is 0 Å². The van der Waals surface area contributed by atoms with E-state index in [1.807, 2.05) is 6.08 Å². The topological polar surface area (TPSA) is 37.3 Å². The molecular formula is C23H29FO2. The molecule has 4 rings (SSSR count). The van der Waals surface area contributed by atoms with Crippen LogP contribution < -0.4 is 0 Å². The average Bonchev–Trinajstić information content (AvgIpc) is 3.08. The first kappa shape index (κ1) is 18.0. The maximum absolute atomic E-state index is 14.0. The quantitative estimate of drug-likeness (QED) is 0.726. The number of halogens is 1. The molecule has 3 fully saturated rings. The molecule has 1 N–H and O–H groups in total. The maximum Gasteiger partial charge on any atom is 0.155 e. The first-order valence-corrected chi connectivity index (χ1v) is 10.3. The first-order chi connectivity index (χ1) is 12.7. The summed E-state index contributed by atoms with van der Waals surface area (Å²) in [6.07, 6.45) is 12.8. The van der Waals surface area contributed by atoms with E-state index in [1.165, 1.54) is 24.8 Å². The third kappa shape index (κ3) is 2.97. The van der Waals surface area contributed by atoms with Gasteiger partial charge in [-0.05, 0) is 85.7 Å². The van der Waals surface area contributed by atoms with Crippen LogP contribution in [-0.4, -0.2) is 17.5 Å². The number of hydrogen-bond donors (Lipinski definition) is 1. The highest BCUT2D eigenvalue weighted by Crippen LogP contribution is 2.64. The highest BCUT2D eigenvalue weighted by molar-refractivity contribution is 5.91. The van der Waals surface area contributed by atoms with Gasteiger partial charge in [-0.1, -0.05) is 17.9 Å². The number of ketones is 1. The van der Waals surface area contributed by atoms with Crippen molar-refractivity contribution in [3.05, 3.63) is 23.6 Å². The van der Waals surface area contributed by atoms with E-state index in [0.29, 0.717) is 30.1 Å². The smallest absolute Gasteiger partial charge is 0.155 e. The minimum Gasteiger partial charge on any atom is -0.384 e. The van der Waals surface area contributed by atoms with E-state index in [0.717, 1.165) is 50.4 Å². The van der Waals surface area contributed by atoms with Crippen molar-refractivity contribution in [1.82, 2.24) is 0 Å². The Morgan fingerprint density at radius 2 is 2.15 bits per heavy atom. The number of carbonyl (C=O) groups excluding carboxylic acids is 1. The molecule has 0 aromatic rings. The molecule has 0 aromatic heterocycles. The first-order valence-electron chi connectivity index (χ1n) is 10.3. The van der Waals surface area contributed by atoms with Crippen LogP contribution >= 0.6 is 0 Å². The Kier molecular flexibility index (Phi) is 5.06. The molecular weight excluding hydrogens is 327 g/mol. The zero-order valence-electron chi connectivity index (χ0n) is 15.5. The highest BCUT2D eigenvalue weighted by atomic mass is 19.1. The lowest BCUT2D eigenvalue weighted by molar-refractivity contribution is -0.115. The second kappa shape index (κ2) is 7.31. The fourth-order valence-corrected chi connectivity index (χ4v) is 6.88. The van der Waals surface area contributed by atoms with Crippen LogP contribution in [0.25, 0.3) is 0 Å². The molecule has 4 aliphatic rings. The molecule has 0 saturated heterocycles. The highest BCUT2D eigenvalue weighted by Gasteiger charge is 2.55. The van der Waals surface area contributed by atoms with Crippen LogP contribution in [0.15, 0.2) is 23.6 Å². The number of allylic oxidation sites excluding steroid dienone is 2. The molecule has 0 spiro atoms. The van der Waals surface area contributed by atoms with Gasteiger partial charge in [-0.3, -0.25) is 4.79 Å². The van der Waals surface area contributed by atoms with Crippen molar-refractivity contribution in [2.24, 2.45) is 29.1 Å². The fraction of sp³-hybridized carbons (Fsp3) is 0.696. The second-order valence-corrected chi connectivity index (χ2v) is 8.79. The number of aliphatic hydroxyl groups excluding tert-OH is 1. The lowest BCUT2D eigenvalue weighted by Gasteiger charge is -2.54. The van der Waals surface area contributed by atoms with Gasteiger partial charge in [0.1, 0.15) is 6.61 Å². The molecule has 26 heavy (non-hydrogen) atoms. The van der Waals surface area contributed by atoms with Gasteiger partial charge in [0.15, 0.2) is 5.78 Å². The van der Waals surface area contributed by atoms with Crippen molar-refractivity contribution in [3.8, 4) is 11.8 Å². The largest absolute Gasteiger partial charge is 0.384 e. The molecule has 0 aliphatic heterocycles. The average molecular weight is 356 g/mol. The molecule has 0 bridgehead atoms. The Labute approximate surface area is 155 Å². The van der Waals surface area contributed by atoms with Crippen molar-refractivity contribution < 1.29 is 14.3 Å². The van der Waals surface area contributed by atoms with Crippen LogP contribution in [0, 0.1) is 40.9 Å². The SMILES string of the molecule is O=C1C=C2CC[C@@H]3[C@H](C(=CF)C[C@]4(CCC#CCO)CCC[C@@H]34)[C@H]2CC1. The molecule has 5 atom stereocenters. The number of hydrogen-bond acceptors (Lipinski definition) is 2. The van der Waals surface area contributed by atoms with Gasteiger partial charge in [-0.2, -0.15) is 0 Å². The Hall–Kier alpha value is -1.40. The molecule has 0 heterocycles. The standard InChI is InChI=1S/C23H29FO2/c24-15-17-14-23(10-2-1-3-12-25)11-4-5-21(23)20-8-6-16-13-18(26)7-9-19(16)22(17)20/h13,15,19-22,25H,2,4-12,14H2/t19-,20-,21-,22+,23-/m0/s1. The van der Waals surface area contributed by atoms with Crippen LogP contribution in [-0.2, 0) is 4.79 Å². The van der Waals surface area contributed by atoms with Gasteiger partial charge >= 0.3 is 0 Å². The number of fused-ring (bicyclic) bond motifs is 5. The second-order valence-electron chi connectivity index (χ2n) is 8.79. The van der Waals surface area contributed by atoms with Crippen molar-refractivity contribution >= 4 is 5.78 Å². The lowest BCUT2D eigenvalue weighted by atomic mass is 9.50. The van der Waals surface area contributed by atoms with E-state index in [2.05, 4.69) is 11.8 Å². The fourth-order valence-electron chi connectivity index (χ4n) is 6.88. The predicted molar refractivity (Wildman–Crippen MR) is 99.7 cm³/mol. The summed E-state index contributed by atoms with van der Waals surface area (Å²) in [6, 6.07) is 0. The van der Waals surface area contributed by atoms with E-state index in [-0.39, 0.29) is 17.8 Å². The number of aliphatic hydroxyl groups is 1. The number of carbonyl (C=O) groups is 1. The Morgan fingerprint density at radius 1 is 1.27 bits per heavy atom. The number of rotatable bonds is 2. The molecule has 0 unspecified atom stereocenters. The summed E-state index contributed by atoms with van der Waals surface area (Å²) in [6.45, 7) is -0.0771. The van der Waals surface area contributed by atoms with Crippen LogP contribution in [0.1, 0.15) is 64.2 Å². The Morgan fingerprint density at radius 3 is 2.96 bits per heavy atom. The van der Waals surface area contributed by atoms with E-state index in [4.69, 9.17) is 5.11 Å². The summed E-state index contributed by atoms with van der Waals surface area (Å²) in [7, 11) is 0. The molecule has 0 amide bonds.